The number of hydrogen-bond acceptors (Lipinski definition) is 4. The van der Waals surface area contributed by atoms with Gasteiger partial charge in [-0.25, -0.2) is 0 Å². The van der Waals surface area contributed by atoms with Gasteiger partial charge in [-0.3, -0.25) is 4.79 Å². The Balaban J connectivity index is 2.29. The highest BCUT2D eigenvalue weighted by Crippen LogP contribution is 2.35. The van der Waals surface area contributed by atoms with Gasteiger partial charge in [-0.2, -0.15) is 0 Å². The molecule has 1 heterocycles. The molecular weight excluding hydrogens is 378 g/mol. The quantitative estimate of drug-likeness (QED) is 0.468. The average Bonchev–Trinajstić information content (AvgIpc) is 2.74. The van der Waals surface area contributed by atoms with Crippen LogP contribution in [-0.4, -0.2) is 48.8 Å². The zero-order valence-electron chi connectivity index (χ0n) is 19.0. The first-order chi connectivity index (χ1) is 14.5. The van der Waals surface area contributed by atoms with Gasteiger partial charge in [0.25, 0.3) is 5.91 Å². The van der Waals surface area contributed by atoms with Gasteiger partial charge in [0.05, 0.1) is 18.8 Å². The van der Waals surface area contributed by atoms with Gasteiger partial charge in [-0.1, -0.05) is 33.3 Å². The number of likely N-dealkylation sites (tertiary alicyclic amines) is 1. The number of carbonyl (C=O) groups excluding carboxylic acids is 1. The van der Waals surface area contributed by atoms with E-state index in [0.717, 1.165) is 74.9 Å². The van der Waals surface area contributed by atoms with Crippen LogP contribution in [0.25, 0.3) is 5.57 Å². The Bertz CT molecular complexity index is 693. The maximum Gasteiger partial charge on any atom is 0.257 e. The fraction of sp³-hybridized carbons (Fsp3) is 0.640. The number of rotatable bonds is 12. The molecule has 1 N–H and O–H groups in total. The molecule has 168 valence electrons. The first-order valence-corrected chi connectivity index (χ1v) is 11.5. The predicted octanol–water partition coefficient (Wildman–Crippen LogP) is 5.31. The molecule has 1 aromatic rings. The summed E-state index contributed by atoms with van der Waals surface area (Å²) in [4.78, 5) is 15.3. The van der Waals surface area contributed by atoms with Gasteiger partial charge in [0.15, 0.2) is 0 Å². The Morgan fingerprint density at radius 1 is 1.07 bits per heavy atom. The molecule has 0 aromatic heterocycles. The number of hydrogen-bond donors (Lipinski definition) is 1. The lowest BCUT2D eigenvalue weighted by atomic mass is 9.93. The van der Waals surface area contributed by atoms with Crippen LogP contribution >= 0.6 is 0 Å². The van der Waals surface area contributed by atoms with Gasteiger partial charge < -0.3 is 19.5 Å². The van der Waals surface area contributed by atoms with E-state index >= 15 is 0 Å². The molecule has 0 radical (unpaired) electrons. The third-order valence-corrected chi connectivity index (χ3v) is 5.72. The second-order valence-corrected chi connectivity index (χ2v) is 8.28. The molecule has 1 aliphatic rings. The van der Waals surface area contributed by atoms with Crippen molar-refractivity contribution in [2.24, 2.45) is 5.92 Å². The molecule has 1 aliphatic heterocycles. The third kappa shape index (κ3) is 6.76. The minimum atomic E-state index is 0.00607. The summed E-state index contributed by atoms with van der Waals surface area (Å²) >= 11 is 0. The largest absolute Gasteiger partial charge is 0.493 e. The predicted molar refractivity (Wildman–Crippen MR) is 122 cm³/mol. The standard InChI is InChI=1S/C25H39NO4/c1-5-7-15-29-23-18-24(30-16-8-6-2)22(17-21(23)19(3)4)25(28)26-12-9-20(10-13-26)11-14-27/h17-18,20,27H,3,5-16H2,1-2,4H3. The molecule has 5 nitrogen and oxygen atoms in total. The summed E-state index contributed by atoms with van der Waals surface area (Å²) in [6.45, 7) is 13.2. The summed E-state index contributed by atoms with van der Waals surface area (Å²) in [6, 6.07) is 3.77. The number of aliphatic hydroxyl groups excluding tert-OH is 1. The first-order valence-electron chi connectivity index (χ1n) is 11.5. The molecule has 1 fully saturated rings. The molecule has 5 heteroatoms. The van der Waals surface area contributed by atoms with Crippen molar-refractivity contribution in [2.45, 2.75) is 65.7 Å². The zero-order valence-corrected chi connectivity index (χ0v) is 19.0. The van der Waals surface area contributed by atoms with Crippen molar-refractivity contribution in [3.63, 3.8) is 0 Å². The fourth-order valence-corrected chi connectivity index (χ4v) is 3.73. The van der Waals surface area contributed by atoms with Crippen LogP contribution in [0.2, 0.25) is 0 Å². The molecule has 0 saturated carbocycles. The molecular formula is C25H39NO4. The van der Waals surface area contributed by atoms with Crippen molar-refractivity contribution in [3.05, 3.63) is 29.8 Å². The van der Waals surface area contributed by atoms with E-state index in [-0.39, 0.29) is 12.5 Å². The maximum atomic E-state index is 13.4. The second kappa shape index (κ2) is 12.6. The number of aliphatic hydroxyl groups is 1. The number of piperidine rings is 1. The van der Waals surface area contributed by atoms with Gasteiger partial charge in [0, 0.05) is 31.3 Å². The lowest BCUT2D eigenvalue weighted by Gasteiger charge is -2.32. The Morgan fingerprint density at radius 3 is 2.13 bits per heavy atom. The molecule has 0 atom stereocenters. The van der Waals surface area contributed by atoms with Crippen molar-refractivity contribution in [1.29, 1.82) is 0 Å². The molecule has 0 spiro atoms. The van der Waals surface area contributed by atoms with Crippen LogP contribution in [0.15, 0.2) is 18.7 Å². The number of carbonyl (C=O) groups is 1. The van der Waals surface area contributed by atoms with Gasteiger partial charge in [0.1, 0.15) is 11.5 Å². The molecule has 0 aliphatic carbocycles. The minimum absolute atomic E-state index is 0.00607. The fourth-order valence-electron chi connectivity index (χ4n) is 3.73. The summed E-state index contributed by atoms with van der Waals surface area (Å²) in [6.07, 6.45) is 6.70. The van der Waals surface area contributed by atoms with Crippen LogP contribution in [0, 0.1) is 5.92 Å². The van der Waals surface area contributed by atoms with E-state index in [4.69, 9.17) is 9.47 Å². The van der Waals surface area contributed by atoms with E-state index in [1.165, 1.54) is 0 Å². The topological polar surface area (TPSA) is 59.0 Å². The Labute approximate surface area is 182 Å². The molecule has 1 amide bonds. The van der Waals surface area contributed by atoms with Crippen molar-refractivity contribution < 1.29 is 19.4 Å². The van der Waals surface area contributed by atoms with Crippen LogP contribution in [0.5, 0.6) is 11.5 Å². The number of benzene rings is 1. The number of unbranched alkanes of at least 4 members (excludes halogenated alkanes) is 2. The summed E-state index contributed by atoms with van der Waals surface area (Å²) < 4.78 is 12.1. The van der Waals surface area contributed by atoms with E-state index in [1.54, 1.807) is 0 Å². The molecule has 2 rings (SSSR count). The van der Waals surface area contributed by atoms with Crippen LogP contribution in [0.1, 0.15) is 81.6 Å². The molecule has 1 saturated heterocycles. The van der Waals surface area contributed by atoms with Crippen molar-refractivity contribution in [3.8, 4) is 11.5 Å². The minimum Gasteiger partial charge on any atom is -0.493 e. The van der Waals surface area contributed by atoms with Crippen molar-refractivity contribution in [2.75, 3.05) is 32.9 Å². The summed E-state index contributed by atoms with van der Waals surface area (Å²) in [7, 11) is 0. The second-order valence-electron chi connectivity index (χ2n) is 8.28. The number of allylic oxidation sites excluding steroid dienone is 1. The van der Waals surface area contributed by atoms with Crippen LogP contribution in [-0.2, 0) is 0 Å². The van der Waals surface area contributed by atoms with E-state index in [1.807, 2.05) is 24.0 Å². The van der Waals surface area contributed by atoms with Gasteiger partial charge >= 0.3 is 0 Å². The maximum absolute atomic E-state index is 13.4. The molecule has 1 aromatic carbocycles. The average molecular weight is 418 g/mol. The molecule has 30 heavy (non-hydrogen) atoms. The van der Waals surface area contributed by atoms with Gasteiger partial charge in [-0.15, -0.1) is 0 Å². The Kier molecular flexibility index (Phi) is 10.2. The van der Waals surface area contributed by atoms with Crippen molar-refractivity contribution in [1.82, 2.24) is 4.90 Å². The SMILES string of the molecule is C=C(C)c1cc(C(=O)N2CCC(CCO)CC2)c(OCCCC)cc1OCCCC. The monoisotopic (exact) mass is 417 g/mol. The summed E-state index contributed by atoms with van der Waals surface area (Å²) in [5.74, 6) is 1.84. The highest BCUT2D eigenvalue weighted by Gasteiger charge is 2.27. The lowest BCUT2D eigenvalue weighted by molar-refractivity contribution is 0.0673. The Morgan fingerprint density at radius 2 is 1.63 bits per heavy atom. The van der Waals surface area contributed by atoms with Crippen LogP contribution in [0.4, 0.5) is 0 Å². The highest BCUT2D eigenvalue weighted by atomic mass is 16.5. The van der Waals surface area contributed by atoms with Crippen LogP contribution in [0.3, 0.4) is 0 Å². The third-order valence-electron chi connectivity index (χ3n) is 5.72. The Hall–Kier alpha value is -2.01. The van der Waals surface area contributed by atoms with Gasteiger partial charge in [-0.05, 0) is 56.6 Å². The van der Waals surface area contributed by atoms with E-state index in [2.05, 4.69) is 20.4 Å². The molecule has 0 bridgehead atoms. The smallest absolute Gasteiger partial charge is 0.257 e. The highest BCUT2D eigenvalue weighted by molar-refractivity contribution is 5.98. The first kappa shape index (κ1) is 24.3. The number of nitrogens with zero attached hydrogens (tertiary/aromatic N) is 1. The number of amides is 1. The van der Waals surface area contributed by atoms with Crippen molar-refractivity contribution >= 4 is 11.5 Å². The van der Waals surface area contributed by atoms with E-state index < -0.39 is 0 Å². The normalized spacial score (nSPS) is 14.6. The van der Waals surface area contributed by atoms with E-state index in [9.17, 15) is 9.90 Å². The lowest BCUT2D eigenvalue weighted by Crippen LogP contribution is -2.38. The molecule has 0 unspecified atom stereocenters. The van der Waals surface area contributed by atoms with Crippen LogP contribution < -0.4 is 9.47 Å². The number of ether oxygens (including phenoxy) is 2. The van der Waals surface area contributed by atoms with Gasteiger partial charge in [0.2, 0.25) is 0 Å². The summed E-state index contributed by atoms with van der Waals surface area (Å²) in [5, 5.41) is 9.18. The zero-order chi connectivity index (χ0) is 21.9. The summed E-state index contributed by atoms with van der Waals surface area (Å²) in [5.41, 5.74) is 2.33. The van der Waals surface area contributed by atoms with E-state index in [0.29, 0.717) is 30.4 Å².